The van der Waals surface area contributed by atoms with Gasteiger partial charge in [0, 0.05) is 24.4 Å². The molecule has 2 aromatic heterocycles. The Morgan fingerprint density at radius 1 is 1.53 bits per heavy atom. The summed E-state index contributed by atoms with van der Waals surface area (Å²) in [5, 5.41) is 7.11. The zero-order valence-electron chi connectivity index (χ0n) is 9.98. The molecule has 92 valence electrons. The van der Waals surface area contributed by atoms with Crippen molar-refractivity contribution < 1.29 is 0 Å². The normalized spacial score (nSPS) is 12.9. The van der Waals surface area contributed by atoms with Crippen LogP contribution < -0.4 is 5.73 Å². The molecule has 1 atom stereocenters. The van der Waals surface area contributed by atoms with E-state index in [0.717, 1.165) is 29.3 Å². The van der Waals surface area contributed by atoms with Crippen molar-refractivity contribution in [2.45, 2.75) is 25.8 Å². The van der Waals surface area contributed by atoms with Crippen molar-refractivity contribution in [3.8, 4) is 0 Å². The molecule has 0 bridgehead atoms. The van der Waals surface area contributed by atoms with E-state index in [1.54, 1.807) is 11.3 Å². The Bertz CT molecular complexity index is 490. The lowest BCUT2D eigenvalue weighted by Crippen LogP contribution is -2.26. The molecular weight excluding hydrogens is 254 g/mol. The lowest BCUT2D eigenvalue weighted by Gasteiger charge is -2.11. The maximum Gasteiger partial charge on any atom is 0.0847 e. The molecule has 0 aliphatic carbocycles. The molecule has 0 spiro atoms. The highest BCUT2D eigenvalue weighted by atomic mass is 35.5. The predicted octanol–water partition coefficient (Wildman–Crippen LogP) is 2.56. The van der Waals surface area contributed by atoms with Gasteiger partial charge in [-0.1, -0.05) is 17.7 Å². The highest BCUT2D eigenvalue weighted by molar-refractivity contribution is 7.09. The Morgan fingerprint density at radius 2 is 2.29 bits per heavy atom. The third-order valence-corrected chi connectivity index (χ3v) is 4.15. The topological polar surface area (TPSA) is 43.8 Å². The van der Waals surface area contributed by atoms with Gasteiger partial charge in [-0.25, -0.2) is 0 Å². The van der Waals surface area contributed by atoms with Crippen LogP contribution in [0.5, 0.6) is 0 Å². The van der Waals surface area contributed by atoms with E-state index in [2.05, 4.69) is 16.5 Å². The number of halogens is 1. The standard InChI is InChI=1S/C12H16ClN3S/c1-8-12(13)11(16(2)15-8)7-9(14)6-10-4-3-5-17-10/h3-5,9H,6-7,14H2,1-2H3. The molecule has 0 saturated heterocycles. The van der Waals surface area contributed by atoms with Crippen molar-refractivity contribution in [1.82, 2.24) is 9.78 Å². The van der Waals surface area contributed by atoms with E-state index < -0.39 is 0 Å². The smallest absolute Gasteiger partial charge is 0.0847 e. The molecule has 0 fully saturated rings. The number of aryl methyl sites for hydroxylation is 2. The molecule has 5 heteroatoms. The van der Waals surface area contributed by atoms with Gasteiger partial charge in [0.05, 0.1) is 16.4 Å². The molecule has 0 aliphatic heterocycles. The molecule has 0 aliphatic rings. The quantitative estimate of drug-likeness (QED) is 0.927. The first kappa shape index (κ1) is 12.6. The van der Waals surface area contributed by atoms with Crippen LogP contribution in [0.15, 0.2) is 17.5 Å². The zero-order chi connectivity index (χ0) is 12.4. The van der Waals surface area contributed by atoms with E-state index in [1.807, 2.05) is 24.7 Å². The first-order chi connectivity index (χ1) is 8.08. The van der Waals surface area contributed by atoms with Crippen LogP contribution in [0, 0.1) is 6.92 Å². The fourth-order valence-electron chi connectivity index (χ4n) is 1.91. The number of thiophene rings is 1. The fourth-order valence-corrected chi connectivity index (χ4v) is 2.95. The summed E-state index contributed by atoms with van der Waals surface area (Å²) in [7, 11) is 1.91. The summed E-state index contributed by atoms with van der Waals surface area (Å²) in [5.74, 6) is 0. The number of nitrogens with two attached hydrogens (primary N) is 1. The van der Waals surface area contributed by atoms with Gasteiger partial charge in [-0.15, -0.1) is 11.3 Å². The number of hydrogen-bond acceptors (Lipinski definition) is 3. The van der Waals surface area contributed by atoms with Crippen LogP contribution in [-0.4, -0.2) is 15.8 Å². The Balaban J connectivity index is 2.05. The average Bonchev–Trinajstić information content (AvgIpc) is 2.83. The molecular formula is C12H16ClN3S. The maximum absolute atomic E-state index is 6.20. The third-order valence-electron chi connectivity index (χ3n) is 2.76. The van der Waals surface area contributed by atoms with Gasteiger partial charge >= 0.3 is 0 Å². The van der Waals surface area contributed by atoms with E-state index in [1.165, 1.54) is 4.88 Å². The maximum atomic E-state index is 6.20. The van der Waals surface area contributed by atoms with Gasteiger partial charge in [0.15, 0.2) is 0 Å². The predicted molar refractivity (Wildman–Crippen MR) is 72.7 cm³/mol. The monoisotopic (exact) mass is 269 g/mol. The Hall–Kier alpha value is -0.840. The molecule has 2 N–H and O–H groups in total. The SMILES string of the molecule is Cc1nn(C)c(CC(N)Cc2cccs2)c1Cl. The minimum atomic E-state index is 0.0842. The van der Waals surface area contributed by atoms with Gasteiger partial charge < -0.3 is 5.73 Å². The van der Waals surface area contributed by atoms with E-state index in [9.17, 15) is 0 Å². The number of nitrogens with zero attached hydrogens (tertiary/aromatic N) is 2. The highest BCUT2D eigenvalue weighted by Crippen LogP contribution is 2.21. The van der Waals surface area contributed by atoms with Crippen LogP contribution in [0.2, 0.25) is 5.02 Å². The molecule has 1 unspecified atom stereocenters. The highest BCUT2D eigenvalue weighted by Gasteiger charge is 2.15. The molecule has 0 saturated carbocycles. The Kier molecular flexibility index (Phi) is 3.86. The van der Waals surface area contributed by atoms with Crippen LogP contribution in [-0.2, 0) is 19.9 Å². The van der Waals surface area contributed by atoms with Crippen molar-refractivity contribution in [2.75, 3.05) is 0 Å². The molecule has 3 nitrogen and oxygen atoms in total. The molecule has 2 aromatic rings. The van der Waals surface area contributed by atoms with Gasteiger partial charge in [-0.3, -0.25) is 4.68 Å². The van der Waals surface area contributed by atoms with Crippen molar-refractivity contribution in [2.24, 2.45) is 12.8 Å². The van der Waals surface area contributed by atoms with E-state index in [4.69, 9.17) is 17.3 Å². The first-order valence-corrected chi connectivity index (χ1v) is 6.79. The van der Waals surface area contributed by atoms with Gasteiger partial charge in [0.1, 0.15) is 0 Å². The molecule has 2 heterocycles. The lowest BCUT2D eigenvalue weighted by atomic mass is 10.1. The van der Waals surface area contributed by atoms with Crippen molar-refractivity contribution in [1.29, 1.82) is 0 Å². The largest absolute Gasteiger partial charge is 0.327 e. The Labute approximate surface area is 110 Å². The van der Waals surface area contributed by atoms with Crippen LogP contribution >= 0.6 is 22.9 Å². The van der Waals surface area contributed by atoms with Gasteiger partial charge in [-0.05, 0) is 24.8 Å². The summed E-state index contributed by atoms with van der Waals surface area (Å²) in [6, 6.07) is 4.25. The van der Waals surface area contributed by atoms with E-state index >= 15 is 0 Å². The van der Waals surface area contributed by atoms with Crippen molar-refractivity contribution in [3.05, 3.63) is 38.8 Å². The minimum Gasteiger partial charge on any atom is -0.327 e. The van der Waals surface area contributed by atoms with Crippen LogP contribution in [0.3, 0.4) is 0 Å². The second-order valence-electron chi connectivity index (χ2n) is 4.22. The second kappa shape index (κ2) is 5.21. The molecule has 0 amide bonds. The van der Waals surface area contributed by atoms with Crippen LogP contribution in [0.25, 0.3) is 0 Å². The third kappa shape index (κ3) is 2.89. The van der Waals surface area contributed by atoms with Crippen LogP contribution in [0.4, 0.5) is 0 Å². The summed E-state index contributed by atoms with van der Waals surface area (Å²) < 4.78 is 1.83. The summed E-state index contributed by atoms with van der Waals surface area (Å²) in [6.07, 6.45) is 1.65. The summed E-state index contributed by atoms with van der Waals surface area (Å²) in [4.78, 5) is 1.31. The molecule has 17 heavy (non-hydrogen) atoms. The minimum absolute atomic E-state index is 0.0842. The van der Waals surface area contributed by atoms with E-state index in [-0.39, 0.29) is 6.04 Å². The average molecular weight is 270 g/mol. The van der Waals surface area contributed by atoms with Crippen molar-refractivity contribution in [3.63, 3.8) is 0 Å². The van der Waals surface area contributed by atoms with Crippen LogP contribution in [0.1, 0.15) is 16.3 Å². The number of aromatic nitrogens is 2. The first-order valence-electron chi connectivity index (χ1n) is 5.54. The number of rotatable bonds is 4. The second-order valence-corrected chi connectivity index (χ2v) is 5.63. The van der Waals surface area contributed by atoms with Gasteiger partial charge in [0.2, 0.25) is 0 Å². The molecule has 0 aromatic carbocycles. The molecule has 2 rings (SSSR count). The summed E-state index contributed by atoms with van der Waals surface area (Å²) in [5.41, 5.74) is 8.04. The van der Waals surface area contributed by atoms with Gasteiger partial charge in [-0.2, -0.15) is 5.10 Å². The lowest BCUT2D eigenvalue weighted by molar-refractivity contribution is 0.616. The zero-order valence-corrected chi connectivity index (χ0v) is 11.6. The molecule has 0 radical (unpaired) electrons. The summed E-state index contributed by atoms with van der Waals surface area (Å²) >= 11 is 7.94. The fraction of sp³-hybridized carbons (Fsp3) is 0.417. The van der Waals surface area contributed by atoms with Gasteiger partial charge in [0.25, 0.3) is 0 Å². The summed E-state index contributed by atoms with van der Waals surface area (Å²) in [6.45, 7) is 1.91. The Morgan fingerprint density at radius 3 is 2.82 bits per heavy atom. The van der Waals surface area contributed by atoms with Crippen molar-refractivity contribution >= 4 is 22.9 Å². The van der Waals surface area contributed by atoms with E-state index in [0.29, 0.717) is 0 Å². The number of hydrogen-bond donors (Lipinski definition) is 1.